The molecule has 4 heterocycles. The molecular weight excluding hydrogens is 464 g/mol. The Morgan fingerprint density at radius 1 is 1.23 bits per heavy atom. The largest absolute Gasteiger partial charge is 0.497 e. The summed E-state index contributed by atoms with van der Waals surface area (Å²) in [6.45, 7) is 4.14. The summed E-state index contributed by atoms with van der Waals surface area (Å²) in [4.78, 5) is 6.63. The van der Waals surface area contributed by atoms with E-state index in [4.69, 9.17) is 4.74 Å². The monoisotopic (exact) mass is 498 g/mol. The van der Waals surface area contributed by atoms with Crippen molar-refractivity contribution in [2.45, 2.75) is 37.8 Å². The van der Waals surface area contributed by atoms with E-state index in [1.807, 2.05) is 18.3 Å². The highest BCUT2D eigenvalue weighted by Gasteiger charge is 2.49. The molecule has 188 valence electrons. The van der Waals surface area contributed by atoms with E-state index >= 15 is 0 Å². The first-order chi connectivity index (χ1) is 16.8. The fourth-order valence-electron chi connectivity index (χ4n) is 6.14. The van der Waals surface area contributed by atoms with Gasteiger partial charge in [-0.15, -0.1) is 0 Å². The van der Waals surface area contributed by atoms with Crippen LogP contribution >= 0.6 is 0 Å². The Kier molecular flexibility index (Phi) is 6.37. The Morgan fingerprint density at radius 2 is 2.00 bits per heavy atom. The molecule has 5 rings (SSSR count). The van der Waals surface area contributed by atoms with Crippen LogP contribution in [0.3, 0.4) is 0 Å². The van der Waals surface area contributed by atoms with Crippen LogP contribution in [-0.2, 0) is 29.0 Å². The number of pyridine rings is 1. The number of ether oxygens (including phenoxy) is 1. The third-order valence-electron chi connectivity index (χ3n) is 7.96. The minimum Gasteiger partial charge on any atom is -0.497 e. The molecule has 1 saturated heterocycles. The molecule has 9 heteroatoms. The second kappa shape index (κ2) is 9.20. The number of aliphatic hydroxyl groups excluding tert-OH is 1. The number of nitrogens with zero attached hydrogens (tertiary/aromatic N) is 4. The maximum absolute atomic E-state index is 12.6. The summed E-state index contributed by atoms with van der Waals surface area (Å²) in [6, 6.07) is 9.99. The van der Waals surface area contributed by atoms with Crippen molar-refractivity contribution in [1.82, 2.24) is 18.8 Å². The molecule has 0 amide bonds. The zero-order valence-electron chi connectivity index (χ0n) is 20.6. The van der Waals surface area contributed by atoms with Gasteiger partial charge in [0, 0.05) is 68.2 Å². The number of piperidine rings is 1. The van der Waals surface area contributed by atoms with E-state index in [2.05, 4.69) is 39.7 Å². The first kappa shape index (κ1) is 24.2. The standard InChI is InChI=1S/C26H34N4O4S/c1-4-35(32,33)30-12-9-26(10-13-30)18-29(16-19-6-5-11-27-15-19)23(17-31)25-24(26)21-8-7-20(34-3)14-22(21)28(25)2/h5-8,11,14-15,23,31H,4,9-10,12-13,16-18H2,1-3H3/t23-/m0/s1. The molecule has 1 spiro atoms. The lowest BCUT2D eigenvalue weighted by atomic mass is 9.68. The van der Waals surface area contributed by atoms with Crippen molar-refractivity contribution in [3.05, 3.63) is 59.5 Å². The number of aromatic nitrogens is 2. The molecule has 0 radical (unpaired) electrons. The molecule has 2 aliphatic heterocycles. The van der Waals surface area contributed by atoms with Crippen molar-refractivity contribution in [3.8, 4) is 5.75 Å². The van der Waals surface area contributed by atoms with E-state index < -0.39 is 10.0 Å². The normalized spacial score (nSPS) is 20.9. The average molecular weight is 499 g/mol. The van der Waals surface area contributed by atoms with Crippen molar-refractivity contribution in [2.75, 3.05) is 39.1 Å². The van der Waals surface area contributed by atoms with Gasteiger partial charge in [-0.1, -0.05) is 6.07 Å². The van der Waals surface area contributed by atoms with Crippen LogP contribution in [0.4, 0.5) is 0 Å². The molecule has 0 bridgehead atoms. The van der Waals surface area contributed by atoms with Crippen molar-refractivity contribution >= 4 is 20.9 Å². The van der Waals surface area contributed by atoms with Gasteiger partial charge in [0.1, 0.15) is 5.75 Å². The first-order valence-corrected chi connectivity index (χ1v) is 13.8. The zero-order valence-corrected chi connectivity index (χ0v) is 21.5. The molecule has 1 N–H and O–H groups in total. The quantitative estimate of drug-likeness (QED) is 0.562. The summed E-state index contributed by atoms with van der Waals surface area (Å²) in [6.07, 6.45) is 5.13. The number of aryl methyl sites for hydroxylation is 1. The minimum absolute atomic E-state index is 0.000970. The maximum atomic E-state index is 12.6. The summed E-state index contributed by atoms with van der Waals surface area (Å²) in [5, 5.41) is 11.8. The van der Waals surface area contributed by atoms with E-state index in [1.165, 1.54) is 5.56 Å². The second-order valence-electron chi connectivity index (χ2n) is 9.75. The number of sulfonamides is 1. The van der Waals surface area contributed by atoms with Crippen molar-refractivity contribution in [3.63, 3.8) is 0 Å². The fraction of sp³-hybridized carbons (Fsp3) is 0.500. The van der Waals surface area contributed by atoms with Crippen LogP contribution in [0, 0.1) is 0 Å². The van der Waals surface area contributed by atoms with Gasteiger partial charge in [0.05, 0.1) is 31.0 Å². The van der Waals surface area contributed by atoms with Crippen LogP contribution in [0.2, 0.25) is 0 Å². The third-order valence-corrected chi connectivity index (χ3v) is 9.85. The number of benzene rings is 1. The molecule has 35 heavy (non-hydrogen) atoms. The zero-order chi connectivity index (χ0) is 24.8. The van der Waals surface area contributed by atoms with Crippen molar-refractivity contribution in [1.29, 1.82) is 0 Å². The number of fused-ring (bicyclic) bond motifs is 4. The summed E-state index contributed by atoms with van der Waals surface area (Å²) in [7, 11) is 0.497. The summed E-state index contributed by atoms with van der Waals surface area (Å²) < 4.78 is 34.6. The van der Waals surface area contributed by atoms with Gasteiger partial charge in [-0.2, -0.15) is 0 Å². The van der Waals surface area contributed by atoms with Gasteiger partial charge in [-0.05, 0) is 49.1 Å². The van der Waals surface area contributed by atoms with Gasteiger partial charge in [0.15, 0.2) is 0 Å². The fourth-order valence-corrected chi connectivity index (χ4v) is 7.24. The van der Waals surface area contributed by atoms with Gasteiger partial charge >= 0.3 is 0 Å². The van der Waals surface area contributed by atoms with Crippen LogP contribution in [0.25, 0.3) is 10.9 Å². The minimum atomic E-state index is -3.23. The van der Waals surface area contributed by atoms with Crippen LogP contribution in [0.5, 0.6) is 5.75 Å². The predicted molar refractivity (Wildman–Crippen MR) is 136 cm³/mol. The predicted octanol–water partition coefficient (Wildman–Crippen LogP) is 2.81. The number of aliphatic hydroxyl groups is 1. The Morgan fingerprint density at radius 3 is 2.63 bits per heavy atom. The second-order valence-corrected chi connectivity index (χ2v) is 12.0. The Hall–Kier alpha value is -2.46. The Balaban J connectivity index is 1.65. The number of hydrogen-bond acceptors (Lipinski definition) is 6. The summed E-state index contributed by atoms with van der Waals surface area (Å²) >= 11 is 0. The van der Waals surface area contributed by atoms with E-state index in [0.717, 1.165) is 47.3 Å². The van der Waals surface area contributed by atoms with Crippen LogP contribution in [0.1, 0.15) is 42.6 Å². The molecule has 1 aromatic carbocycles. The molecule has 8 nitrogen and oxygen atoms in total. The molecule has 2 aromatic heterocycles. The smallest absolute Gasteiger partial charge is 0.213 e. The van der Waals surface area contributed by atoms with Gasteiger partial charge in [-0.3, -0.25) is 9.88 Å². The van der Waals surface area contributed by atoms with E-state index in [9.17, 15) is 13.5 Å². The SMILES string of the molecule is CCS(=O)(=O)N1CCC2(CC1)CN(Cc1cccnc1)[C@@H](CO)c1c2c2ccc(OC)cc2n1C. The summed E-state index contributed by atoms with van der Waals surface area (Å²) in [5.41, 5.74) is 4.32. The van der Waals surface area contributed by atoms with Crippen LogP contribution < -0.4 is 4.74 Å². The highest BCUT2D eigenvalue weighted by Crippen LogP contribution is 2.50. The van der Waals surface area contributed by atoms with Gasteiger partial charge in [0.2, 0.25) is 10.0 Å². The van der Waals surface area contributed by atoms with E-state index in [1.54, 1.807) is 24.5 Å². The van der Waals surface area contributed by atoms with Gasteiger partial charge in [-0.25, -0.2) is 12.7 Å². The Bertz CT molecular complexity index is 1310. The number of rotatable bonds is 6. The van der Waals surface area contributed by atoms with Crippen LogP contribution in [0.15, 0.2) is 42.7 Å². The number of hydrogen-bond donors (Lipinski definition) is 1. The van der Waals surface area contributed by atoms with E-state index in [-0.39, 0.29) is 23.8 Å². The molecule has 0 unspecified atom stereocenters. The molecule has 3 aromatic rings. The lowest BCUT2D eigenvalue weighted by Crippen LogP contribution is -2.54. The van der Waals surface area contributed by atoms with Gasteiger partial charge < -0.3 is 14.4 Å². The van der Waals surface area contributed by atoms with Crippen LogP contribution in [-0.4, -0.2) is 71.4 Å². The molecule has 2 aliphatic rings. The van der Waals surface area contributed by atoms with E-state index in [0.29, 0.717) is 19.6 Å². The first-order valence-electron chi connectivity index (χ1n) is 12.2. The average Bonchev–Trinajstić information content (AvgIpc) is 3.18. The highest BCUT2D eigenvalue weighted by molar-refractivity contribution is 7.89. The number of methoxy groups -OCH3 is 1. The lowest BCUT2D eigenvalue weighted by molar-refractivity contribution is 0.0515. The molecule has 0 saturated carbocycles. The molecule has 1 atom stereocenters. The molecule has 1 fully saturated rings. The maximum Gasteiger partial charge on any atom is 0.213 e. The van der Waals surface area contributed by atoms with Gasteiger partial charge in [0.25, 0.3) is 0 Å². The molecular formula is C26H34N4O4S. The Labute approximate surface area is 207 Å². The lowest BCUT2D eigenvalue weighted by Gasteiger charge is -2.50. The topological polar surface area (TPSA) is 87.9 Å². The third kappa shape index (κ3) is 4.04. The molecule has 0 aliphatic carbocycles. The highest BCUT2D eigenvalue weighted by atomic mass is 32.2. The van der Waals surface area contributed by atoms with Crippen molar-refractivity contribution in [2.24, 2.45) is 7.05 Å². The summed E-state index contributed by atoms with van der Waals surface area (Å²) in [5.74, 6) is 0.917. The van der Waals surface area contributed by atoms with Crippen molar-refractivity contribution < 1.29 is 18.3 Å².